The van der Waals surface area contributed by atoms with E-state index in [2.05, 4.69) is 4.72 Å². The van der Waals surface area contributed by atoms with Crippen molar-refractivity contribution in [1.29, 1.82) is 0 Å². The van der Waals surface area contributed by atoms with Gasteiger partial charge in [0.25, 0.3) is 10.0 Å². The molecule has 0 aliphatic heterocycles. The Morgan fingerprint density at radius 1 is 1.14 bits per heavy atom. The number of benzene rings is 2. The van der Waals surface area contributed by atoms with Crippen LogP contribution >= 0.6 is 23.2 Å². The number of anilines is 2. The summed E-state index contributed by atoms with van der Waals surface area (Å²) in [6.45, 7) is 1.95. The van der Waals surface area contributed by atoms with Gasteiger partial charge >= 0.3 is 0 Å². The first kappa shape index (κ1) is 15.9. The van der Waals surface area contributed by atoms with Crippen LogP contribution in [0.2, 0.25) is 10.0 Å². The summed E-state index contributed by atoms with van der Waals surface area (Å²) in [5.74, 6) is 0. The highest BCUT2D eigenvalue weighted by molar-refractivity contribution is 7.92. The van der Waals surface area contributed by atoms with Crippen molar-refractivity contribution in [2.75, 3.05) is 10.5 Å². The van der Waals surface area contributed by atoms with Crippen LogP contribution in [0.5, 0.6) is 0 Å². The maximum absolute atomic E-state index is 12.3. The fraction of sp³-hybridized carbons (Fsp3) is 0.143. The lowest BCUT2D eigenvalue weighted by atomic mass is 10.1. The number of nitrogens with one attached hydrogen (secondary N) is 1. The zero-order valence-corrected chi connectivity index (χ0v) is 13.6. The highest BCUT2D eigenvalue weighted by Crippen LogP contribution is 2.28. The lowest BCUT2D eigenvalue weighted by molar-refractivity contribution is 0.601. The summed E-state index contributed by atoms with van der Waals surface area (Å²) in [6, 6.07) is 9.18. The summed E-state index contributed by atoms with van der Waals surface area (Å²) in [4.78, 5) is 0.0863. The van der Waals surface area contributed by atoms with Gasteiger partial charge in [0.15, 0.2) is 0 Å². The van der Waals surface area contributed by atoms with E-state index in [9.17, 15) is 8.42 Å². The standard InChI is InChI=1S/C14H14Cl2N2O2S/c1-2-9-3-5-11(8-13(9)17)21(19,20)18-14-6-4-10(15)7-12(14)16/h3-8,18H,2,17H2,1H3. The first-order valence-electron chi connectivity index (χ1n) is 6.19. The summed E-state index contributed by atoms with van der Waals surface area (Å²) in [5.41, 5.74) is 7.45. The Morgan fingerprint density at radius 2 is 1.86 bits per heavy atom. The van der Waals surface area contributed by atoms with Gasteiger partial charge in [0.2, 0.25) is 0 Å². The summed E-state index contributed by atoms with van der Waals surface area (Å²) in [5, 5.41) is 0.656. The molecule has 2 aromatic rings. The van der Waals surface area contributed by atoms with Gasteiger partial charge in [-0.3, -0.25) is 4.72 Å². The Balaban J connectivity index is 2.36. The Bertz CT molecular complexity index is 777. The van der Waals surface area contributed by atoms with Gasteiger partial charge in [-0.15, -0.1) is 0 Å². The van der Waals surface area contributed by atoms with Gasteiger partial charge in [-0.1, -0.05) is 36.2 Å². The average molecular weight is 345 g/mol. The minimum atomic E-state index is -3.75. The fourth-order valence-electron chi connectivity index (χ4n) is 1.84. The van der Waals surface area contributed by atoms with E-state index in [1.807, 2.05) is 6.92 Å². The molecule has 0 saturated carbocycles. The van der Waals surface area contributed by atoms with E-state index in [0.29, 0.717) is 10.7 Å². The van der Waals surface area contributed by atoms with Crippen LogP contribution in [0.3, 0.4) is 0 Å². The van der Waals surface area contributed by atoms with Crippen LogP contribution in [-0.2, 0) is 16.4 Å². The molecule has 0 radical (unpaired) electrons. The average Bonchev–Trinajstić information content (AvgIpc) is 2.42. The Kier molecular flexibility index (Phi) is 4.66. The zero-order chi connectivity index (χ0) is 15.6. The lowest BCUT2D eigenvalue weighted by Crippen LogP contribution is -2.14. The molecule has 0 saturated heterocycles. The van der Waals surface area contributed by atoms with Crippen molar-refractivity contribution < 1.29 is 8.42 Å². The van der Waals surface area contributed by atoms with Crippen molar-refractivity contribution >= 4 is 44.6 Å². The van der Waals surface area contributed by atoms with Crippen LogP contribution in [0.15, 0.2) is 41.3 Å². The van der Waals surface area contributed by atoms with Crippen molar-refractivity contribution in [1.82, 2.24) is 0 Å². The Labute approximate surface area is 133 Å². The first-order valence-corrected chi connectivity index (χ1v) is 8.43. The lowest BCUT2D eigenvalue weighted by Gasteiger charge is -2.11. The summed E-state index contributed by atoms with van der Waals surface area (Å²) < 4.78 is 27.1. The molecule has 0 aromatic heterocycles. The Hall–Kier alpha value is -1.43. The second-order valence-corrected chi connectivity index (χ2v) is 6.97. The van der Waals surface area contributed by atoms with Crippen LogP contribution in [0.25, 0.3) is 0 Å². The van der Waals surface area contributed by atoms with Gasteiger partial charge < -0.3 is 5.73 Å². The molecular formula is C14H14Cl2N2O2S. The second-order valence-electron chi connectivity index (χ2n) is 4.44. The van der Waals surface area contributed by atoms with Crippen molar-refractivity contribution in [2.24, 2.45) is 0 Å². The molecule has 4 nitrogen and oxygen atoms in total. The Morgan fingerprint density at radius 3 is 2.43 bits per heavy atom. The topological polar surface area (TPSA) is 72.2 Å². The number of halogens is 2. The highest BCUT2D eigenvalue weighted by Gasteiger charge is 2.17. The first-order chi connectivity index (χ1) is 9.83. The minimum absolute atomic E-state index is 0.0863. The molecule has 0 fully saturated rings. The normalized spacial score (nSPS) is 11.4. The quantitative estimate of drug-likeness (QED) is 0.825. The monoisotopic (exact) mass is 344 g/mol. The summed E-state index contributed by atoms with van der Waals surface area (Å²) in [6.07, 6.45) is 0.739. The largest absolute Gasteiger partial charge is 0.398 e. The van der Waals surface area contributed by atoms with Crippen LogP contribution in [0.1, 0.15) is 12.5 Å². The van der Waals surface area contributed by atoms with E-state index < -0.39 is 10.0 Å². The number of nitrogens with two attached hydrogens (primary N) is 1. The second kappa shape index (κ2) is 6.13. The van der Waals surface area contributed by atoms with E-state index in [1.54, 1.807) is 12.1 Å². The number of hydrogen-bond donors (Lipinski definition) is 2. The number of rotatable bonds is 4. The maximum Gasteiger partial charge on any atom is 0.262 e. The molecule has 0 bridgehead atoms. The van der Waals surface area contributed by atoms with Crippen molar-refractivity contribution in [2.45, 2.75) is 18.2 Å². The van der Waals surface area contributed by atoms with Crippen molar-refractivity contribution in [3.63, 3.8) is 0 Å². The molecule has 0 amide bonds. The van der Waals surface area contributed by atoms with Crippen molar-refractivity contribution in [3.05, 3.63) is 52.0 Å². The summed E-state index contributed by atoms with van der Waals surface area (Å²) in [7, 11) is -3.75. The molecule has 21 heavy (non-hydrogen) atoms. The van der Waals surface area contributed by atoms with Crippen molar-refractivity contribution in [3.8, 4) is 0 Å². The van der Waals surface area contributed by atoms with Gasteiger partial charge in [-0.2, -0.15) is 0 Å². The van der Waals surface area contributed by atoms with Crippen LogP contribution in [0.4, 0.5) is 11.4 Å². The molecule has 3 N–H and O–H groups in total. The molecule has 7 heteroatoms. The third-order valence-corrected chi connectivity index (χ3v) is 4.89. The third kappa shape index (κ3) is 3.61. The van der Waals surface area contributed by atoms with Crippen LogP contribution in [0, 0.1) is 0 Å². The SMILES string of the molecule is CCc1ccc(S(=O)(=O)Nc2ccc(Cl)cc2Cl)cc1N. The van der Waals surface area contributed by atoms with Gasteiger partial charge in [0.05, 0.1) is 15.6 Å². The molecule has 0 spiro atoms. The van der Waals surface area contributed by atoms with E-state index >= 15 is 0 Å². The predicted octanol–water partition coefficient (Wildman–Crippen LogP) is 3.94. The number of nitrogen functional groups attached to an aromatic ring is 1. The van der Waals surface area contributed by atoms with E-state index in [-0.39, 0.29) is 15.6 Å². The minimum Gasteiger partial charge on any atom is -0.398 e. The molecule has 112 valence electrons. The molecular weight excluding hydrogens is 331 g/mol. The van der Waals surface area contributed by atoms with Gasteiger partial charge in [0, 0.05) is 10.7 Å². The van der Waals surface area contributed by atoms with Crippen LogP contribution < -0.4 is 10.5 Å². The number of hydrogen-bond acceptors (Lipinski definition) is 3. The number of sulfonamides is 1. The van der Waals surface area contributed by atoms with Gasteiger partial charge in [-0.25, -0.2) is 8.42 Å². The zero-order valence-electron chi connectivity index (χ0n) is 11.2. The van der Waals surface area contributed by atoms with Gasteiger partial charge in [0.1, 0.15) is 0 Å². The molecule has 2 aromatic carbocycles. The molecule has 0 heterocycles. The summed E-state index contributed by atoms with van der Waals surface area (Å²) >= 11 is 11.7. The van der Waals surface area contributed by atoms with E-state index in [1.165, 1.54) is 24.3 Å². The predicted molar refractivity (Wildman–Crippen MR) is 87.5 cm³/mol. The molecule has 0 aliphatic carbocycles. The van der Waals surface area contributed by atoms with Crippen LogP contribution in [-0.4, -0.2) is 8.42 Å². The van der Waals surface area contributed by atoms with E-state index in [0.717, 1.165) is 12.0 Å². The maximum atomic E-state index is 12.3. The smallest absolute Gasteiger partial charge is 0.262 e. The third-order valence-electron chi connectivity index (χ3n) is 2.98. The molecule has 0 unspecified atom stereocenters. The van der Waals surface area contributed by atoms with E-state index in [4.69, 9.17) is 28.9 Å². The molecule has 0 aliphatic rings. The number of aryl methyl sites for hydroxylation is 1. The van der Waals surface area contributed by atoms with Gasteiger partial charge in [-0.05, 0) is 42.3 Å². The highest BCUT2D eigenvalue weighted by atomic mass is 35.5. The fourth-order valence-corrected chi connectivity index (χ4v) is 3.46. The molecule has 0 atom stereocenters. The molecule has 2 rings (SSSR count).